The summed E-state index contributed by atoms with van der Waals surface area (Å²) in [4.78, 5) is 26.0. The van der Waals surface area contributed by atoms with Gasteiger partial charge in [0.05, 0.1) is 18.7 Å². The summed E-state index contributed by atoms with van der Waals surface area (Å²) in [5.41, 5.74) is 2.02. The number of urea groups is 1. The van der Waals surface area contributed by atoms with Gasteiger partial charge in [-0.2, -0.15) is 0 Å². The Bertz CT molecular complexity index is 642. The fourth-order valence-corrected chi connectivity index (χ4v) is 4.18. The third-order valence-corrected chi connectivity index (χ3v) is 5.86. The second kappa shape index (κ2) is 6.69. The zero-order valence-corrected chi connectivity index (χ0v) is 15.4. The predicted octanol–water partition coefficient (Wildman–Crippen LogP) is 2.38. The lowest BCUT2D eigenvalue weighted by Crippen LogP contribution is -2.46. The minimum absolute atomic E-state index is 0.0299. The summed E-state index contributed by atoms with van der Waals surface area (Å²) in [5, 5.41) is 6.98. The van der Waals surface area contributed by atoms with E-state index in [0.29, 0.717) is 19.6 Å². The van der Waals surface area contributed by atoms with Gasteiger partial charge in [0.1, 0.15) is 5.76 Å². The Morgan fingerprint density at radius 2 is 2.08 bits per heavy atom. The van der Waals surface area contributed by atoms with Crippen LogP contribution in [0.3, 0.4) is 0 Å². The molecule has 0 unspecified atom stereocenters. The first-order chi connectivity index (χ1) is 11.9. The second-order valence-electron chi connectivity index (χ2n) is 7.45. The summed E-state index contributed by atoms with van der Waals surface area (Å²) in [6, 6.07) is -0.0382. The molecule has 1 aromatic rings. The summed E-state index contributed by atoms with van der Waals surface area (Å²) in [7, 11) is 1.44. The number of aryl methyl sites for hydroxylation is 2. The van der Waals surface area contributed by atoms with Gasteiger partial charge in [0.15, 0.2) is 0 Å². The number of carbonyl (C=O) groups is 2. The van der Waals surface area contributed by atoms with E-state index in [2.05, 4.69) is 17.4 Å². The Hall–Kier alpha value is -2.05. The first-order valence-corrected chi connectivity index (χ1v) is 8.91. The highest BCUT2D eigenvalue weighted by Gasteiger charge is 2.59. The molecule has 1 aromatic heterocycles. The number of nitrogens with zero attached hydrogens (tertiary/aromatic N) is 2. The molecule has 1 aliphatic carbocycles. The van der Waals surface area contributed by atoms with Crippen LogP contribution in [-0.4, -0.2) is 48.8 Å². The van der Waals surface area contributed by atoms with Gasteiger partial charge < -0.3 is 19.5 Å². The number of esters is 1. The van der Waals surface area contributed by atoms with Gasteiger partial charge in [-0.25, -0.2) is 4.79 Å². The molecule has 1 saturated carbocycles. The number of aromatic nitrogens is 1. The van der Waals surface area contributed by atoms with Crippen LogP contribution in [0.5, 0.6) is 0 Å². The van der Waals surface area contributed by atoms with Crippen LogP contribution in [0.25, 0.3) is 0 Å². The van der Waals surface area contributed by atoms with Crippen molar-refractivity contribution in [3.05, 3.63) is 17.0 Å². The van der Waals surface area contributed by atoms with Gasteiger partial charge in [-0.3, -0.25) is 4.79 Å². The van der Waals surface area contributed by atoms with Crippen LogP contribution in [0, 0.1) is 25.2 Å². The van der Waals surface area contributed by atoms with Crippen molar-refractivity contribution in [2.24, 2.45) is 11.3 Å². The van der Waals surface area contributed by atoms with Crippen LogP contribution < -0.4 is 5.32 Å². The standard InChI is InChI=1S/C18H27N3O4/c1-11(15-12(2)20-25-13(15)3)10-19-17(23)21-7-5-18(6-8-21)9-14(18)16(22)24-4/h11,14H,5-10H2,1-4H3,(H,19,23)/t11-,14-/m0/s1. The highest BCUT2D eigenvalue weighted by Crippen LogP contribution is 2.59. The zero-order chi connectivity index (χ0) is 18.2. The van der Waals surface area contributed by atoms with Crippen molar-refractivity contribution in [3.63, 3.8) is 0 Å². The number of carbonyl (C=O) groups excluding carboxylic acids is 2. The normalized spacial score (nSPS) is 22.6. The molecule has 138 valence electrons. The lowest BCUT2D eigenvalue weighted by atomic mass is 9.91. The van der Waals surface area contributed by atoms with E-state index in [1.807, 2.05) is 18.7 Å². The molecule has 1 saturated heterocycles. The van der Waals surface area contributed by atoms with Crippen LogP contribution in [0.2, 0.25) is 0 Å². The Balaban J connectivity index is 1.47. The number of rotatable bonds is 4. The summed E-state index contributed by atoms with van der Waals surface area (Å²) < 4.78 is 10.0. The van der Waals surface area contributed by atoms with Gasteiger partial charge in [-0.05, 0) is 38.5 Å². The van der Waals surface area contributed by atoms with Crippen molar-refractivity contribution in [2.75, 3.05) is 26.7 Å². The maximum Gasteiger partial charge on any atom is 0.317 e. The number of likely N-dealkylation sites (tertiary alicyclic amines) is 1. The molecule has 1 N–H and O–H groups in total. The van der Waals surface area contributed by atoms with Crippen molar-refractivity contribution in [3.8, 4) is 0 Å². The first kappa shape index (κ1) is 17.8. The van der Waals surface area contributed by atoms with Gasteiger partial charge in [-0.15, -0.1) is 0 Å². The van der Waals surface area contributed by atoms with Crippen molar-refractivity contribution in [1.29, 1.82) is 0 Å². The van der Waals surface area contributed by atoms with Gasteiger partial charge in [0.2, 0.25) is 0 Å². The minimum Gasteiger partial charge on any atom is -0.469 e. The van der Waals surface area contributed by atoms with Crippen molar-refractivity contribution < 1.29 is 18.8 Å². The van der Waals surface area contributed by atoms with E-state index >= 15 is 0 Å². The number of hydrogen-bond donors (Lipinski definition) is 1. The molecule has 0 radical (unpaired) electrons. The van der Waals surface area contributed by atoms with E-state index in [9.17, 15) is 9.59 Å². The van der Waals surface area contributed by atoms with Crippen LogP contribution in [0.15, 0.2) is 4.52 Å². The van der Waals surface area contributed by atoms with E-state index in [0.717, 1.165) is 36.3 Å². The second-order valence-corrected chi connectivity index (χ2v) is 7.45. The average molecular weight is 349 g/mol. The maximum absolute atomic E-state index is 12.4. The molecule has 3 rings (SSSR count). The Morgan fingerprint density at radius 1 is 1.40 bits per heavy atom. The predicted molar refractivity (Wildman–Crippen MR) is 91.2 cm³/mol. The zero-order valence-electron chi connectivity index (χ0n) is 15.4. The van der Waals surface area contributed by atoms with Crippen LogP contribution in [-0.2, 0) is 9.53 Å². The Kier molecular flexibility index (Phi) is 4.75. The van der Waals surface area contributed by atoms with Gasteiger partial charge >= 0.3 is 12.0 Å². The molecule has 1 aliphatic heterocycles. The molecular formula is C18H27N3O4. The monoisotopic (exact) mass is 349 g/mol. The van der Waals surface area contributed by atoms with Crippen LogP contribution in [0.1, 0.15) is 49.1 Å². The van der Waals surface area contributed by atoms with Crippen LogP contribution >= 0.6 is 0 Å². The van der Waals surface area contributed by atoms with E-state index < -0.39 is 0 Å². The largest absolute Gasteiger partial charge is 0.469 e. The topological polar surface area (TPSA) is 84.7 Å². The number of hydrogen-bond acceptors (Lipinski definition) is 5. The van der Waals surface area contributed by atoms with Crippen molar-refractivity contribution in [1.82, 2.24) is 15.4 Å². The van der Waals surface area contributed by atoms with Crippen molar-refractivity contribution >= 4 is 12.0 Å². The molecule has 0 aromatic carbocycles. The molecule has 0 bridgehead atoms. The summed E-state index contributed by atoms with van der Waals surface area (Å²) >= 11 is 0. The van der Waals surface area contributed by atoms with E-state index in [1.54, 1.807) is 0 Å². The maximum atomic E-state index is 12.4. The fourth-order valence-electron chi connectivity index (χ4n) is 4.18. The van der Waals surface area contributed by atoms with Gasteiger partial charge in [0.25, 0.3) is 0 Å². The van der Waals surface area contributed by atoms with E-state index in [-0.39, 0.29) is 29.3 Å². The third-order valence-electron chi connectivity index (χ3n) is 5.86. The molecule has 25 heavy (non-hydrogen) atoms. The highest BCUT2D eigenvalue weighted by atomic mass is 16.5. The average Bonchev–Trinajstić information content (AvgIpc) is 3.20. The Morgan fingerprint density at radius 3 is 2.64 bits per heavy atom. The highest BCUT2D eigenvalue weighted by molar-refractivity contribution is 5.77. The quantitative estimate of drug-likeness (QED) is 0.844. The molecule has 7 heteroatoms. The van der Waals surface area contributed by atoms with E-state index in [1.165, 1.54) is 7.11 Å². The minimum atomic E-state index is -0.105. The third kappa shape index (κ3) is 3.37. The van der Waals surface area contributed by atoms with E-state index in [4.69, 9.17) is 9.26 Å². The van der Waals surface area contributed by atoms with Crippen molar-refractivity contribution in [2.45, 2.75) is 46.0 Å². The summed E-state index contributed by atoms with van der Waals surface area (Å²) in [5.74, 6) is 0.883. The van der Waals surface area contributed by atoms with Crippen LogP contribution in [0.4, 0.5) is 4.79 Å². The first-order valence-electron chi connectivity index (χ1n) is 8.91. The summed E-state index contributed by atoms with van der Waals surface area (Å²) in [6.45, 7) is 7.81. The molecule has 2 atom stereocenters. The molecule has 2 aliphatic rings. The molecule has 7 nitrogen and oxygen atoms in total. The van der Waals surface area contributed by atoms with Gasteiger partial charge in [-0.1, -0.05) is 12.1 Å². The number of methoxy groups -OCH3 is 1. The number of amides is 2. The molecule has 1 spiro atoms. The van der Waals surface area contributed by atoms with Gasteiger partial charge in [0, 0.05) is 31.1 Å². The summed E-state index contributed by atoms with van der Waals surface area (Å²) in [6.07, 6.45) is 2.65. The smallest absolute Gasteiger partial charge is 0.317 e. The SMILES string of the molecule is COC(=O)[C@@H]1CC12CCN(C(=O)NC[C@H](C)c1c(C)noc1C)CC2. The lowest BCUT2D eigenvalue weighted by molar-refractivity contribution is -0.143. The number of piperidine rings is 1. The Labute approximate surface area is 148 Å². The molecular weight excluding hydrogens is 322 g/mol. The molecule has 2 heterocycles. The number of nitrogens with one attached hydrogen (secondary N) is 1. The number of ether oxygens (including phenoxy) is 1. The molecule has 2 fully saturated rings. The fraction of sp³-hybridized carbons (Fsp3) is 0.722. The lowest BCUT2D eigenvalue weighted by Gasteiger charge is -2.33. The molecule has 2 amide bonds.